The molecule has 0 heterocycles. The van der Waals surface area contributed by atoms with Gasteiger partial charge in [-0.25, -0.2) is 0 Å². The molecule has 0 spiro atoms. The van der Waals surface area contributed by atoms with Gasteiger partial charge in [-0.05, 0) is 26.7 Å². The van der Waals surface area contributed by atoms with Crippen LogP contribution in [-0.4, -0.2) is 34.6 Å². The van der Waals surface area contributed by atoms with Gasteiger partial charge in [-0.1, -0.05) is 13.8 Å². The minimum atomic E-state index is -0.774. The normalized spacial score (nSPS) is 20.8. The van der Waals surface area contributed by atoms with Gasteiger partial charge in [0, 0.05) is 0 Å². The first kappa shape index (κ1) is 12.9. The maximum atomic E-state index is 9.59. The van der Waals surface area contributed by atoms with Gasteiger partial charge in [-0.3, -0.25) is 0 Å². The molecule has 3 heteroatoms. The summed E-state index contributed by atoms with van der Waals surface area (Å²) in [7, 11) is 0. The molecule has 0 amide bonds. The number of ether oxygens (including phenoxy) is 1. The van der Waals surface area contributed by atoms with Crippen LogP contribution in [0.2, 0.25) is 0 Å². The van der Waals surface area contributed by atoms with E-state index in [-0.39, 0.29) is 13.2 Å². The van der Waals surface area contributed by atoms with Crippen LogP contribution in [0.3, 0.4) is 0 Å². The lowest BCUT2D eigenvalue weighted by molar-refractivity contribution is -0.0862. The van der Waals surface area contributed by atoms with Gasteiger partial charge in [0.1, 0.15) is 0 Å². The van der Waals surface area contributed by atoms with E-state index in [1.165, 1.54) is 0 Å². The van der Waals surface area contributed by atoms with Gasteiger partial charge in [-0.2, -0.15) is 0 Å². The van der Waals surface area contributed by atoms with Gasteiger partial charge < -0.3 is 14.9 Å². The molecule has 2 atom stereocenters. The molecule has 0 rings (SSSR count). The highest BCUT2D eigenvalue weighted by molar-refractivity contribution is 4.72. The number of rotatable bonds is 6. The zero-order valence-electron chi connectivity index (χ0n) is 9.13. The van der Waals surface area contributed by atoms with Crippen molar-refractivity contribution in [1.82, 2.24) is 0 Å². The maximum absolute atomic E-state index is 9.59. The topological polar surface area (TPSA) is 49.7 Å². The minimum Gasteiger partial charge on any atom is -0.388 e. The monoisotopic (exact) mass is 190 g/mol. The highest BCUT2D eigenvalue weighted by Crippen LogP contribution is 2.12. The molecule has 0 aliphatic carbocycles. The SMILES string of the molecule is CCC(C)(O)COCC(C)(O)CC. The summed E-state index contributed by atoms with van der Waals surface area (Å²) in [5.74, 6) is 0. The second-order valence-electron chi connectivity index (χ2n) is 4.19. The van der Waals surface area contributed by atoms with Crippen LogP contribution < -0.4 is 0 Å². The number of hydrogen-bond acceptors (Lipinski definition) is 3. The Kier molecular flexibility index (Phi) is 4.89. The summed E-state index contributed by atoms with van der Waals surface area (Å²) in [5.41, 5.74) is -1.55. The molecule has 0 saturated carbocycles. The highest BCUT2D eigenvalue weighted by atomic mass is 16.5. The smallest absolute Gasteiger partial charge is 0.0849 e. The molecule has 13 heavy (non-hydrogen) atoms. The second kappa shape index (κ2) is 4.94. The van der Waals surface area contributed by atoms with Gasteiger partial charge >= 0.3 is 0 Å². The van der Waals surface area contributed by atoms with Crippen LogP contribution in [0.4, 0.5) is 0 Å². The van der Waals surface area contributed by atoms with Gasteiger partial charge in [0.05, 0.1) is 24.4 Å². The van der Waals surface area contributed by atoms with Crippen LogP contribution >= 0.6 is 0 Å². The molecule has 0 saturated heterocycles. The Hall–Kier alpha value is -0.120. The summed E-state index contributed by atoms with van der Waals surface area (Å²) < 4.78 is 5.24. The minimum absolute atomic E-state index is 0.277. The van der Waals surface area contributed by atoms with Crippen LogP contribution in [0, 0.1) is 0 Å². The van der Waals surface area contributed by atoms with Gasteiger partial charge in [0.2, 0.25) is 0 Å². The quantitative estimate of drug-likeness (QED) is 0.664. The Morgan fingerprint density at radius 3 is 1.46 bits per heavy atom. The van der Waals surface area contributed by atoms with Crippen molar-refractivity contribution in [1.29, 1.82) is 0 Å². The molecule has 2 unspecified atom stereocenters. The molecule has 0 aromatic carbocycles. The average molecular weight is 190 g/mol. The Bertz CT molecular complexity index is 125. The van der Waals surface area contributed by atoms with Crippen LogP contribution in [0.15, 0.2) is 0 Å². The number of hydrogen-bond donors (Lipinski definition) is 2. The van der Waals surface area contributed by atoms with Gasteiger partial charge in [0.25, 0.3) is 0 Å². The van der Waals surface area contributed by atoms with E-state index < -0.39 is 11.2 Å². The molecule has 0 aliphatic heterocycles. The van der Waals surface area contributed by atoms with E-state index in [0.29, 0.717) is 12.8 Å². The van der Waals surface area contributed by atoms with E-state index in [9.17, 15) is 10.2 Å². The lowest BCUT2D eigenvalue weighted by atomic mass is 10.0. The molecule has 2 N–H and O–H groups in total. The van der Waals surface area contributed by atoms with E-state index in [4.69, 9.17) is 4.74 Å². The van der Waals surface area contributed by atoms with Gasteiger partial charge in [-0.15, -0.1) is 0 Å². The molecule has 0 fully saturated rings. The summed E-state index contributed by atoms with van der Waals surface area (Å²) in [6.45, 7) is 7.82. The molecule has 0 radical (unpaired) electrons. The van der Waals surface area contributed by atoms with Crippen molar-refractivity contribution in [3.8, 4) is 0 Å². The largest absolute Gasteiger partial charge is 0.388 e. The first-order chi connectivity index (χ1) is 5.83. The van der Waals surface area contributed by atoms with Crippen LogP contribution in [-0.2, 0) is 4.74 Å². The predicted molar refractivity (Wildman–Crippen MR) is 52.6 cm³/mol. The zero-order chi connectivity index (χ0) is 10.5. The summed E-state index contributed by atoms with van der Waals surface area (Å²) >= 11 is 0. The average Bonchev–Trinajstić information content (AvgIpc) is 2.04. The van der Waals surface area contributed by atoms with Crippen LogP contribution in [0.5, 0.6) is 0 Å². The Balaban J connectivity index is 3.68. The summed E-state index contributed by atoms with van der Waals surface area (Å²) in [4.78, 5) is 0. The molecule has 80 valence electrons. The summed E-state index contributed by atoms with van der Waals surface area (Å²) in [6, 6.07) is 0. The van der Waals surface area contributed by atoms with E-state index in [1.807, 2.05) is 13.8 Å². The van der Waals surface area contributed by atoms with Crippen LogP contribution in [0.1, 0.15) is 40.5 Å². The van der Waals surface area contributed by atoms with E-state index >= 15 is 0 Å². The number of aliphatic hydroxyl groups is 2. The van der Waals surface area contributed by atoms with E-state index in [1.54, 1.807) is 13.8 Å². The van der Waals surface area contributed by atoms with Crippen molar-refractivity contribution in [2.24, 2.45) is 0 Å². The molecular weight excluding hydrogens is 168 g/mol. The summed E-state index contributed by atoms with van der Waals surface area (Å²) in [5, 5.41) is 19.2. The van der Waals surface area contributed by atoms with E-state index in [2.05, 4.69) is 0 Å². The lowest BCUT2D eigenvalue weighted by Crippen LogP contribution is -2.35. The fraction of sp³-hybridized carbons (Fsp3) is 1.00. The fourth-order valence-electron chi connectivity index (χ4n) is 0.695. The van der Waals surface area contributed by atoms with Crippen molar-refractivity contribution < 1.29 is 14.9 Å². The first-order valence-electron chi connectivity index (χ1n) is 4.85. The van der Waals surface area contributed by atoms with Crippen LogP contribution in [0.25, 0.3) is 0 Å². The molecule has 3 nitrogen and oxygen atoms in total. The fourth-order valence-corrected chi connectivity index (χ4v) is 0.695. The van der Waals surface area contributed by atoms with Crippen molar-refractivity contribution in [2.75, 3.05) is 13.2 Å². The third-order valence-electron chi connectivity index (χ3n) is 2.35. The zero-order valence-corrected chi connectivity index (χ0v) is 9.13. The third kappa shape index (κ3) is 6.02. The Morgan fingerprint density at radius 2 is 1.23 bits per heavy atom. The first-order valence-corrected chi connectivity index (χ1v) is 4.85. The maximum Gasteiger partial charge on any atom is 0.0849 e. The third-order valence-corrected chi connectivity index (χ3v) is 2.35. The molecule has 0 aromatic heterocycles. The molecular formula is C10H22O3. The van der Waals surface area contributed by atoms with Crippen molar-refractivity contribution in [3.63, 3.8) is 0 Å². The van der Waals surface area contributed by atoms with E-state index in [0.717, 1.165) is 0 Å². The molecule has 0 bridgehead atoms. The summed E-state index contributed by atoms with van der Waals surface area (Å²) in [6.07, 6.45) is 1.31. The van der Waals surface area contributed by atoms with Crippen molar-refractivity contribution in [2.45, 2.75) is 51.7 Å². The Morgan fingerprint density at radius 1 is 0.923 bits per heavy atom. The highest BCUT2D eigenvalue weighted by Gasteiger charge is 2.22. The second-order valence-corrected chi connectivity index (χ2v) is 4.19. The molecule has 0 aliphatic rings. The predicted octanol–water partition coefficient (Wildman–Crippen LogP) is 1.32. The lowest BCUT2D eigenvalue weighted by Gasteiger charge is -2.25. The standard InChI is InChI=1S/C10H22O3/c1-5-9(3,11)7-13-8-10(4,12)6-2/h11-12H,5-8H2,1-4H3. The Labute approximate surface area is 80.7 Å². The molecule has 0 aromatic rings. The van der Waals surface area contributed by atoms with Crippen molar-refractivity contribution in [3.05, 3.63) is 0 Å². The van der Waals surface area contributed by atoms with Crippen molar-refractivity contribution >= 4 is 0 Å². The van der Waals surface area contributed by atoms with Gasteiger partial charge in [0.15, 0.2) is 0 Å².